The lowest BCUT2D eigenvalue weighted by atomic mass is 10.2. The maximum absolute atomic E-state index is 11.7. The van der Waals surface area contributed by atoms with Gasteiger partial charge in [-0.25, -0.2) is 0 Å². The van der Waals surface area contributed by atoms with Crippen LogP contribution in [0.1, 0.15) is 10.4 Å². The summed E-state index contributed by atoms with van der Waals surface area (Å²) in [6, 6.07) is 4.26. The van der Waals surface area contributed by atoms with E-state index >= 15 is 0 Å². The Bertz CT molecular complexity index is 432. The monoisotopic (exact) mass is 335 g/mol. The van der Waals surface area contributed by atoms with E-state index in [0.717, 1.165) is 0 Å². The van der Waals surface area contributed by atoms with Gasteiger partial charge in [0.2, 0.25) is 3.79 Å². The smallest absolute Gasteiger partial charge is 0.254 e. The largest absolute Gasteiger partial charge is 0.369 e. The van der Waals surface area contributed by atoms with Crippen LogP contribution in [0.4, 0.5) is 0 Å². The highest BCUT2D eigenvalue weighted by atomic mass is 35.6. The van der Waals surface area contributed by atoms with Crippen molar-refractivity contribution in [3.63, 3.8) is 0 Å². The number of rotatable bonds is 2. The molecule has 0 aliphatic heterocycles. The Morgan fingerprint density at radius 1 is 1.29 bits per heavy atom. The van der Waals surface area contributed by atoms with Crippen molar-refractivity contribution >= 4 is 63.9 Å². The van der Waals surface area contributed by atoms with E-state index in [2.05, 4.69) is 5.32 Å². The first-order valence-corrected chi connectivity index (χ1v) is 6.11. The number of carbonyl (C=O) groups is 1. The third-order valence-electron chi connectivity index (χ3n) is 1.75. The number of aliphatic hydroxyl groups is 1. The van der Waals surface area contributed by atoms with Crippen LogP contribution in [-0.4, -0.2) is 21.0 Å². The fourth-order valence-electron chi connectivity index (χ4n) is 0.957. The molecule has 0 radical (unpaired) electrons. The summed E-state index contributed by atoms with van der Waals surface area (Å²) in [6.45, 7) is 0. The summed E-state index contributed by atoms with van der Waals surface area (Å²) in [4.78, 5) is 11.7. The molecule has 0 heterocycles. The molecule has 17 heavy (non-hydrogen) atoms. The van der Waals surface area contributed by atoms with Crippen molar-refractivity contribution in [2.24, 2.45) is 0 Å². The maximum atomic E-state index is 11.7. The summed E-state index contributed by atoms with van der Waals surface area (Å²) >= 11 is 27.6. The summed E-state index contributed by atoms with van der Waals surface area (Å²) in [7, 11) is 0. The normalized spacial score (nSPS) is 13.3. The minimum atomic E-state index is -2.02. The van der Waals surface area contributed by atoms with Crippen molar-refractivity contribution in [2.45, 2.75) is 10.0 Å². The molecule has 0 fully saturated rings. The van der Waals surface area contributed by atoms with Gasteiger partial charge < -0.3 is 10.4 Å². The molecule has 0 saturated carbocycles. The van der Waals surface area contributed by atoms with Gasteiger partial charge in [-0.05, 0) is 18.2 Å². The molecule has 2 N–H and O–H groups in total. The van der Waals surface area contributed by atoms with E-state index in [1.165, 1.54) is 18.2 Å². The Hall–Kier alpha value is 0.1000. The van der Waals surface area contributed by atoms with Crippen molar-refractivity contribution in [1.29, 1.82) is 0 Å². The van der Waals surface area contributed by atoms with Crippen LogP contribution >= 0.6 is 58.0 Å². The summed E-state index contributed by atoms with van der Waals surface area (Å²) in [5, 5.41) is 12.0. The van der Waals surface area contributed by atoms with E-state index in [1.54, 1.807) is 0 Å². The summed E-state index contributed by atoms with van der Waals surface area (Å²) < 4.78 is -2.02. The van der Waals surface area contributed by atoms with E-state index in [9.17, 15) is 9.90 Å². The lowest BCUT2D eigenvalue weighted by molar-refractivity contribution is 0.0792. The highest BCUT2D eigenvalue weighted by Gasteiger charge is 2.32. The van der Waals surface area contributed by atoms with E-state index < -0.39 is 15.9 Å². The van der Waals surface area contributed by atoms with Gasteiger partial charge in [-0.15, -0.1) is 0 Å². The van der Waals surface area contributed by atoms with Gasteiger partial charge >= 0.3 is 0 Å². The fraction of sp³-hybridized carbons (Fsp3) is 0.222. The van der Waals surface area contributed by atoms with Gasteiger partial charge in [-0.2, -0.15) is 0 Å². The molecule has 1 aromatic rings. The molecule has 1 aromatic carbocycles. The van der Waals surface area contributed by atoms with E-state index in [4.69, 9.17) is 58.0 Å². The van der Waals surface area contributed by atoms with Gasteiger partial charge in [-0.1, -0.05) is 58.0 Å². The molecule has 0 aliphatic carbocycles. The second kappa shape index (κ2) is 5.83. The number of benzene rings is 1. The third kappa shape index (κ3) is 4.36. The molecule has 0 aromatic heterocycles. The number of hydrogen-bond donors (Lipinski definition) is 2. The van der Waals surface area contributed by atoms with Crippen molar-refractivity contribution in [3.05, 3.63) is 33.8 Å². The van der Waals surface area contributed by atoms with E-state index in [1.807, 2.05) is 0 Å². The van der Waals surface area contributed by atoms with Crippen LogP contribution in [0.3, 0.4) is 0 Å². The predicted molar refractivity (Wildman–Crippen MR) is 70.2 cm³/mol. The van der Waals surface area contributed by atoms with Gasteiger partial charge in [0, 0.05) is 5.02 Å². The molecule has 0 unspecified atom stereocenters. The highest BCUT2D eigenvalue weighted by Crippen LogP contribution is 2.29. The standard InChI is InChI=1S/C9H6Cl5NO2/c10-4-1-2-5(6(11)3-4)7(16)15-8(17)9(12,13)14/h1-3,8,17H,(H,15,16)/t8-/m0/s1. The van der Waals surface area contributed by atoms with Gasteiger partial charge in [0.1, 0.15) is 0 Å². The molecule has 0 spiro atoms. The molecule has 8 heteroatoms. The molecule has 0 saturated heterocycles. The van der Waals surface area contributed by atoms with Crippen molar-refractivity contribution in [3.8, 4) is 0 Å². The average molecular weight is 337 g/mol. The summed E-state index contributed by atoms with van der Waals surface area (Å²) in [6.07, 6.45) is -1.65. The zero-order chi connectivity index (χ0) is 13.2. The van der Waals surface area contributed by atoms with Crippen LogP contribution < -0.4 is 5.32 Å². The second-order valence-electron chi connectivity index (χ2n) is 3.04. The number of hydrogen-bond acceptors (Lipinski definition) is 2. The second-order valence-corrected chi connectivity index (χ2v) is 6.25. The molecule has 1 rings (SSSR count). The van der Waals surface area contributed by atoms with Gasteiger partial charge in [0.15, 0.2) is 6.23 Å². The van der Waals surface area contributed by atoms with E-state index in [0.29, 0.717) is 5.02 Å². The first-order chi connectivity index (χ1) is 7.71. The zero-order valence-electron chi connectivity index (χ0n) is 8.05. The summed E-state index contributed by atoms with van der Waals surface area (Å²) in [5.41, 5.74) is 0.115. The van der Waals surface area contributed by atoms with Gasteiger partial charge in [0.05, 0.1) is 10.6 Å². The Morgan fingerprint density at radius 2 is 1.88 bits per heavy atom. The number of aliphatic hydroxyl groups excluding tert-OH is 1. The topological polar surface area (TPSA) is 49.3 Å². The zero-order valence-corrected chi connectivity index (χ0v) is 11.8. The maximum Gasteiger partial charge on any atom is 0.254 e. The number of carbonyl (C=O) groups excluding carboxylic acids is 1. The van der Waals surface area contributed by atoms with Crippen LogP contribution in [0.25, 0.3) is 0 Å². The SMILES string of the molecule is O=C(N[C@@H](O)C(Cl)(Cl)Cl)c1ccc(Cl)cc1Cl. The lowest BCUT2D eigenvalue weighted by Gasteiger charge is -2.20. The molecule has 0 aliphatic rings. The molecule has 94 valence electrons. The van der Waals surface area contributed by atoms with Crippen LogP contribution in [0.5, 0.6) is 0 Å². The molecular weight excluding hydrogens is 331 g/mol. The Morgan fingerprint density at radius 3 is 2.35 bits per heavy atom. The molecular formula is C9H6Cl5NO2. The number of alkyl halides is 3. The van der Waals surface area contributed by atoms with Crippen LogP contribution in [0.2, 0.25) is 10.0 Å². The molecule has 1 atom stereocenters. The van der Waals surface area contributed by atoms with Gasteiger partial charge in [-0.3, -0.25) is 4.79 Å². The highest BCUT2D eigenvalue weighted by molar-refractivity contribution is 6.68. The van der Waals surface area contributed by atoms with Crippen LogP contribution in [0.15, 0.2) is 18.2 Å². The van der Waals surface area contributed by atoms with Crippen molar-refractivity contribution in [2.75, 3.05) is 0 Å². The minimum Gasteiger partial charge on any atom is -0.369 e. The summed E-state index contributed by atoms with van der Waals surface area (Å²) in [5.74, 6) is -0.675. The molecule has 1 amide bonds. The molecule has 0 bridgehead atoms. The first-order valence-electron chi connectivity index (χ1n) is 4.22. The van der Waals surface area contributed by atoms with E-state index in [-0.39, 0.29) is 10.6 Å². The van der Waals surface area contributed by atoms with Gasteiger partial charge in [0.25, 0.3) is 5.91 Å². The number of nitrogens with one attached hydrogen (secondary N) is 1. The first kappa shape index (κ1) is 15.2. The van der Waals surface area contributed by atoms with Crippen LogP contribution in [-0.2, 0) is 0 Å². The Balaban J connectivity index is 2.84. The minimum absolute atomic E-state index is 0.115. The number of halogens is 5. The Kier molecular flexibility index (Phi) is 5.20. The molecule has 3 nitrogen and oxygen atoms in total. The third-order valence-corrected chi connectivity index (χ3v) is 2.92. The van der Waals surface area contributed by atoms with Crippen molar-refractivity contribution in [1.82, 2.24) is 5.32 Å². The fourth-order valence-corrected chi connectivity index (χ4v) is 1.62. The van der Waals surface area contributed by atoms with Crippen molar-refractivity contribution < 1.29 is 9.90 Å². The predicted octanol–water partition coefficient (Wildman–Crippen LogP) is 3.41. The van der Waals surface area contributed by atoms with Crippen LogP contribution in [0, 0.1) is 0 Å². The average Bonchev–Trinajstić information content (AvgIpc) is 2.15. The Labute approximate surface area is 123 Å². The quantitative estimate of drug-likeness (QED) is 0.642. The lowest BCUT2D eigenvalue weighted by Crippen LogP contribution is -2.43. The number of amides is 1.